The number of carbonyl (C=O) groups excluding carboxylic acids is 1. The molecule has 7 heteroatoms. The van der Waals surface area contributed by atoms with Gasteiger partial charge in [0.1, 0.15) is 5.82 Å². The van der Waals surface area contributed by atoms with Crippen molar-refractivity contribution in [3.63, 3.8) is 0 Å². The van der Waals surface area contributed by atoms with Crippen molar-refractivity contribution >= 4 is 40.5 Å². The van der Waals surface area contributed by atoms with E-state index in [1.807, 2.05) is 6.07 Å². The maximum absolute atomic E-state index is 13.6. The van der Waals surface area contributed by atoms with Crippen LogP contribution in [0.1, 0.15) is 28.4 Å². The van der Waals surface area contributed by atoms with Crippen LogP contribution < -0.4 is 5.56 Å². The highest BCUT2D eigenvalue weighted by Crippen LogP contribution is 2.25. The molecule has 0 spiro atoms. The number of aromatic nitrogens is 1. The number of benzene rings is 1. The summed E-state index contributed by atoms with van der Waals surface area (Å²) < 4.78 is 15.1. The van der Waals surface area contributed by atoms with Gasteiger partial charge in [-0.25, -0.2) is 4.39 Å². The first-order valence-corrected chi connectivity index (χ1v) is 8.14. The first-order valence-electron chi connectivity index (χ1n) is 6.69. The largest absolute Gasteiger partial charge is 0.298 e. The number of rotatable bonds is 4. The molecule has 2 rings (SSSR count). The van der Waals surface area contributed by atoms with E-state index in [0.717, 1.165) is 6.07 Å². The molecule has 0 saturated carbocycles. The molecular weight excluding hydrogens is 434 g/mol. The molecule has 0 aliphatic heterocycles. The molecule has 2 aromatic rings. The maximum atomic E-state index is 13.6. The average Bonchev–Trinajstić information content (AvgIpc) is 2.52. The van der Waals surface area contributed by atoms with E-state index in [4.69, 9.17) is 16.9 Å². The third-order valence-corrected chi connectivity index (χ3v) is 4.57. The zero-order valence-electron chi connectivity index (χ0n) is 12.1. The summed E-state index contributed by atoms with van der Waals surface area (Å²) in [4.78, 5) is 24.0. The van der Waals surface area contributed by atoms with Gasteiger partial charge in [-0.2, -0.15) is 5.26 Å². The van der Waals surface area contributed by atoms with Gasteiger partial charge in [0.25, 0.3) is 5.56 Å². The zero-order chi connectivity index (χ0) is 17.1. The number of pyridine rings is 1. The van der Waals surface area contributed by atoms with Crippen molar-refractivity contribution < 1.29 is 9.18 Å². The molecule has 0 amide bonds. The van der Waals surface area contributed by atoms with Gasteiger partial charge in [0.2, 0.25) is 0 Å². The average molecular weight is 445 g/mol. The van der Waals surface area contributed by atoms with Gasteiger partial charge in [-0.1, -0.05) is 18.5 Å². The maximum Gasteiger partial charge on any atom is 0.258 e. The summed E-state index contributed by atoms with van der Waals surface area (Å²) in [5.74, 6) is -0.486. The highest BCUT2D eigenvalue weighted by molar-refractivity contribution is 14.1. The van der Waals surface area contributed by atoms with E-state index >= 15 is 0 Å². The van der Waals surface area contributed by atoms with E-state index in [1.54, 1.807) is 29.5 Å². The van der Waals surface area contributed by atoms with Crippen molar-refractivity contribution in [2.45, 2.75) is 19.8 Å². The van der Waals surface area contributed by atoms with Crippen molar-refractivity contribution in [1.29, 1.82) is 5.26 Å². The molecule has 1 heterocycles. The van der Waals surface area contributed by atoms with Gasteiger partial charge in [-0.3, -0.25) is 14.2 Å². The Morgan fingerprint density at radius 3 is 2.70 bits per heavy atom. The highest BCUT2D eigenvalue weighted by atomic mass is 127. The summed E-state index contributed by atoms with van der Waals surface area (Å²) in [6, 6.07) is 4.53. The lowest BCUT2D eigenvalue weighted by Crippen LogP contribution is -2.25. The van der Waals surface area contributed by atoms with Crippen molar-refractivity contribution in [3.05, 3.63) is 59.8 Å². The number of hydrogen-bond donors (Lipinski definition) is 0. The molecule has 0 aliphatic rings. The van der Waals surface area contributed by atoms with Gasteiger partial charge >= 0.3 is 0 Å². The van der Waals surface area contributed by atoms with Crippen molar-refractivity contribution in [3.8, 4) is 11.8 Å². The monoisotopic (exact) mass is 444 g/mol. The third kappa shape index (κ3) is 3.31. The number of nitrogens with zero attached hydrogens (tertiary/aromatic N) is 2. The Morgan fingerprint density at radius 2 is 2.13 bits per heavy atom. The van der Waals surface area contributed by atoms with E-state index in [1.165, 1.54) is 16.8 Å². The van der Waals surface area contributed by atoms with Crippen LogP contribution in [0.15, 0.2) is 23.1 Å². The highest BCUT2D eigenvalue weighted by Gasteiger charge is 2.17. The van der Waals surface area contributed by atoms with Crippen LogP contribution in [-0.2, 0) is 12.8 Å². The molecule has 0 N–H and O–H groups in total. The number of carbonyl (C=O) groups is 1. The second kappa shape index (κ2) is 7.23. The molecule has 1 aromatic heterocycles. The molecule has 4 nitrogen and oxygen atoms in total. The standard InChI is InChI=1S/C16H11ClFIN2O2/c1-2-10-11(3-4-20)9(8-22)7-21(16(10)23)15-6-14(19)13(18)5-12(15)17/h5-8H,2-3H2,1H3. The first-order chi connectivity index (χ1) is 10.9. The van der Waals surface area contributed by atoms with Crippen LogP contribution in [0.5, 0.6) is 0 Å². The van der Waals surface area contributed by atoms with Crippen LogP contribution in [0, 0.1) is 20.7 Å². The summed E-state index contributed by atoms with van der Waals surface area (Å²) in [5.41, 5.74) is 0.987. The minimum atomic E-state index is -0.486. The van der Waals surface area contributed by atoms with Gasteiger partial charge in [-0.15, -0.1) is 0 Å². The van der Waals surface area contributed by atoms with Crippen LogP contribution in [0.2, 0.25) is 5.02 Å². The topological polar surface area (TPSA) is 62.9 Å². The van der Waals surface area contributed by atoms with Gasteiger partial charge in [0.15, 0.2) is 6.29 Å². The Bertz CT molecular complexity index is 887. The van der Waals surface area contributed by atoms with E-state index in [0.29, 0.717) is 33.1 Å². The zero-order valence-corrected chi connectivity index (χ0v) is 15.0. The van der Waals surface area contributed by atoms with Crippen LogP contribution in [0.4, 0.5) is 4.39 Å². The van der Waals surface area contributed by atoms with Crippen LogP contribution in [0.25, 0.3) is 5.69 Å². The Morgan fingerprint density at radius 1 is 1.43 bits per heavy atom. The summed E-state index contributed by atoms with van der Waals surface area (Å²) in [7, 11) is 0. The number of aldehydes is 1. The van der Waals surface area contributed by atoms with Crippen LogP contribution in [-0.4, -0.2) is 10.9 Å². The first kappa shape index (κ1) is 17.6. The SMILES string of the molecule is CCc1c(CC#N)c(C=O)cn(-c2cc(I)c(F)cc2Cl)c1=O. The molecule has 0 unspecified atom stereocenters. The fraction of sp³-hybridized carbons (Fsp3) is 0.188. The summed E-state index contributed by atoms with van der Waals surface area (Å²) in [6.45, 7) is 1.77. The van der Waals surface area contributed by atoms with Gasteiger partial charge in [0, 0.05) is 17.3 Å². The van der Waals surface area contributed by atoms with Crippen LogP contribution in [0.3, 0.4) is 0 Å². The fourth-order valence-corrected chi connectivity index (χ4v) is 3.05. The summed E-state index contributed by atoms with van der Waals surface area (Å²) in [6.07, 6.45) is 2.29. The number of hydrogen-bond acceptors (Lipinski definition) is 3. The normalized spacial score (nSPS) is 10.4. The molecule has 0 radical (unpaired) electrons. The molecule has 0 saturated heterocycles. The summed E-state index contributed by atoms with van der Waals surface area (Å²) >= 11 is 7.86. The van der Waals surface area contributed by atoms with Gasteiger partial charge in [0.05, 0.1) is 26.8 Å². The minimum Gasteiger partial charge on any atom is -0.298 e. The molecule has 23 heavy (non-hydrogen) atoms. The van der Waals surface area contributed by atoms with Gasteiger partial charge in [-0.05, 0) is 46.7 Å². The van der Waals surface area contributed by atoms with Crippen molar-refractivity contribution in [2.24, 2.45) is 0 Å². The Balaban J connectivity index is 2.85. The second-order valence-electron chi connectivity index (χ2n) is 4.74. The lowest BCUT2D eigenvalue weighted by atomic mass is 10.00. The van der Waals surface area contributed by atoms with Crippen LogP contribution >= 0.6 is 34.2 Å². The quantitative estimate of drug-likeness (QED) is 0.411. The van der Waals surface area contributed by atoms with Crippen molar-refractivity contribution in [2.75, 3.05) is 0 Å². The number of halogens is 3. The molecule has 1 aromatic carbocycles. The van der Waals surface area contributed by atoms with E-state index in [9.17, 15) is 14.0 Å². The second-order valence-corrected chi connectivity index (χ2v) is 6.31. The Kier molecular flexibility index (Phi) is 5.55. The summed E-state index contributed by atoms with van der Waals surface area (Å²) in [5, 5.41) is 8.98. The molecular formula is C16H11ClFIN2O2. The Hall–Kier alpha value is -1.72. The lowest BCUT2D eigenvalue weighted by Gasteiger charge is -2.14. The molecule has 118 valence electrons. The van der Waals surface area contributed by atoms with Gasteiger partial charge < -0.3 is 0 Å². The molecule has 0 fully saturated rings. The number of nitriles is 1. The molecule has 0 atom stereocenters. The predicted molar refractivity (Wildman–Crippen MR) is 93.8 cm³/mol. The van der Waals surface area contributed by atoms with E-state index in [2.05, 4.69) is 0 Å². The molecule has 0 aliphatic carbocycles. The fourth-order valence-electron chi connectivity index (χ4n) is 2.35. The minimum absolute atomic E-state index is 0.0258. The smallest absolute Gasteiger partial charge is 0.258 e. The van der Waals surface area contributed by atoms with E-state index in [-0.39, 0.29) is 22.6 Å². The Labute approximate surface area is 150 Å². The lowest BCUT2D eigenvalue weighted by molar-refractivity contribution is 0.112. The molecule has 0 bridgehead atoms. The third-order valence-electron chi connectivity index (χ3n) is 3.44. The van der Waals surface area contributed by atoms with Crippen molar-refractivity contribution in [1.82, 2.24) is 4.57 Å². The predicted octanol–water partition coefficient (Wildman–Crippen LogP) is 3.68. The van der Waals surface area contributed by atoms with E-state index < -0.39 is 5.82 Å².